The molecule has 1 fully saturated rings. The van der Waals surface area contributed by atoms with Crippen LogP contribution in [-0.2, 0) is 18.0 Å². The summed E-state index contributed by atoms with van der Waals surface area (Å²) in [5.74, 6) is 0.276. The lowest BCUT2D eigenvalue weighted by Crippen LogP contribution is -2.27. The fraction of sp³-hybridized carbons (Fsp3) is 0.444. The number of likely N-dealkylation sites (tertiary alicyclic amines) is 1. The van der Waals surface area contributed by atoms with Gasteiger partial charge in [-0.2, -0.15) is 0 Å². The second-order valence-electron chi connectivity index (χ2n) is 11.0. The maximum atomic E-state index is 12.9. The summed E-state index contributed by atoms with van der Waals surface area (Å²) >= 11 is 0. The monoisotopic (exact) mass is 505 g/mol. The van der Waals surface area contributed by atoms with Crippen LogP contribution < -0.4 is 5.32 Å². The van der Waals surface area contributed by atoms with Crippen molar-refractivity contribution in [1.82, 2.24) is 19.4 Å². The molecular weight excluding hydrogens is 470 g/mol. The van der Waals surface area contributed by atoms with Crippen molar-refractivity contribution < 1.29 is 13.9 Å². The summed E-state index contributed by atoms with van der Waals surface area (Å²) in [6.45, 7) is 12.6. The second kappa shape index (κ2) is 10.2. The van der Waals surface area contributed by atoms with Gasteiger partial charge in [-0.25, -0.2) is 9.97 Å². The largest absolute Gasteiger partial charge is 0.443 e. The van der Waals surface area contributed by atoms with Crippen LogP contribution in [0.4, 0.5) is 5.82 Å². The standard InChI is InChI=1S/C27H35N5O3Si/c1-19-6-5-9-31(19)16-22-12-21-15-28-26(14-24(21)32(22)18-34-10-11-36(2,3)4)30-27(33)20-7-8-25-23(13-20)29-17-35-25/h7-8,12-15,17,19H,5-6,9-11,16,18H2,1-4H3,(H,28,30,33)/t19-/m0/s1. The SMILES string of the molecule is C[C@H]1CCCN1Cc1cc2cnc(NC(=O)c3ccc4ocnc4c3)cc2n1COCC[Si](C)(C)C. The van der Waals surface area contributed by atoms with E-state index in [1.807, 2.05) is 12.3 Å². The first-order valence-electron chi connectivity index (χ1n) is 12.7. The number of oxazole rings is 1. The Kier molecular flexibility index (Phi) is 6.96. The van der Waals surface area contributed by atoms with Gasteiger partial charge in [0.05, 0.1) is 5.52 Å². The molecular formula is C27H35N5O3Si. The Hall–Kier alpha value is -3.01. The number of fused-ring (bicyclic) bond motifs is 2. The molecule has 0 bridgehead atoms. The molecule has 5 rings (SSSR count). The van der Waals surface area contributed by atoms with Crippen LogP contribution in [0.5, 0.6) is 0 Å². The van der Waals surface area contributed by atoms with Gasteiger partial charge in [0.15, 0.2) is 12.0 Å². The van der Waals surface area contributed by atoms with Crippen molar-refractivity contribution in [2.24, 2.45) is 0 Å². The van der Waals surface area contributed by atoms with Crippen molar-refractivity contribution >= 4 is 41.8 Å². The van der Waals surface area contributed by atoms with E-state index in [9.17, 15) is 4.79 Å². The summed E-state index contributed by atoms with van der Waals surface area (Å²) in [7, 11) is -1.17. The lowest BCUT2D eigenvalue weighted by atomic mass is 10.2. The van der Waals surface area contributed by atoms with E-state index in [1.165, 1.54) is 24.9 Å². The summed E-state index contributed by atoms with van der Waals surface area (Å²) in [5, 5.41) is 3.99. The van der Waals surface area contributed by atoms with Gasteiger partial charge < -0.3 is 19.0 Å². The molecule has 36 heavy (non-hydrogen) atoms. The van der Waals surface area contributed by atoms with E-state index < -0.39 is 8.07 Å². The van der Waals surface area contributed by atoms with Crippen LogP contribution in [0.3, 0.4) is 0 Å². The van der Waals surface area contributed by atoms with Gasteiger partial charge in [0.1, 0.15) is 18.1 Å². The smallest absolute Gasteiger partial charge is 0.256 e. The number of rotatable bonds is 9. The Morgan fingerprint density at radius 1 is 1.22 bits per heavy atom. The molecule has 0 unspecified atom stereocenters. The van der Waals surface area contributed by atoms with Crippen molar-refractivity contribution in [2.75, 3.05) is 18.5 Å². The number of carbonyl (C=O) groups is 1. The zero-order chi connectivity index (χ0) is 25.3. The highest BCUT2D eigenvalue weighted by molar-refractivity contribution is 6.76. The molecule has 0 aliphatic carbocycles. The van der Waals surface area contributed by atoms with Crippen LogP contribution >= 0.6 is 0 Å². The van der Waals surface area contributed by atoms with Crippen molar-refractivity contribution in [1.29, 1.82) is 0 Å². The molecule has 1 aliphatic heterocycles. The molecule has 190 valence electrons. The number of nitrogens with one attached hydrogen (secondary N) is 1. The first kappa shape index (κ1) is 24.7. The third-order valence-corrected chi connectivity index (χ3v) is 8.68. The van der Waals surface area contributed by atoms with Crippen molar-refractivity contribution in [3.63, 3.8) is 0 Å². The summed E-state index contributed by atoms with van der Waals surface area (Å²) in [6.07, 6.45) is 5.69. The van der Waals surface area contributed by atoms with Gasteiger partial charge in [-0.3, -0.25) is 9.69 Å². The van der Waals surface area contributed by atoms with E-state index in [0.717, 1.165) is 36.6 Å². The predicted molar refractivity (Wildman–Crippen MR) is 145 cm³/mol. The number of ether oxygens (including phenoxy) is 1. The average Bonchev–Trinajstić information content (AvgIpc) is 3.55. The van der Waals surface area contributed by atoms with Gasteiger partial charge >= 0.3 is 0 Å². The summed E-state index contributed by atoms with van der Waals surface area (Å²) < 4.78 is 13.7. The van der Waals surface area contributed by atoms with E-state index >= 15 is 0 Å². The third kappa shape index (κ3) is 5.53. The highest BCUT2D eigenvalue weighted by Crippen LogP contribution is 2.26. The first-order chi connectivity index (χ1) is 17.3. The van der Waals surface area contributed by atoms with Crippen LogP contribution in [0.25, 0.3) is 22.0 Å². The van der Waals surface area contributed by atoms with Crippen LogP contribution in [-0.4, -0.2) is 52.6 Å². The number of benzene rings is 1. The number of amides is 1. The number of hydrogen-bond acceptors (Lipinski definition) is 6. The van der Waals surface area contributed by atoms with Crippen LogP contribution in [0.2, 0.25) is 25.7 Å². The molecule has 1 amide bonds. The minimum atomic E-state index is -1.17. The molecule has 8 nitrogen and oxygen atoms in total. The van der Waals surface area contributed by atoms with Crippen molar-refractivity contribution in [2.45, 2.75) is 64.8 Å². The van der Waals surface area contributed by atoms with Crippen LogP contribution in [0.1, 0.15) is 35.8 Å². The second-order valence-corrected chi connectivity index (χ2v) is 16.6. The maximum absolute atomic E-state index is 12.9. The number of pyridine rings is 1. The molecule has 0 radical (unpaired) electrons. The molecule has 1 saturated heterocycles. The molecule has 1 aliphatic rings. The molecule has 3 aromatic heterocycles. The van der Waals surface area contributed by atoms with E-state index in [4.69, 9.17) is 9.15 Å². The lowest BCUT2D eigenvalue weighted by molar-refractivity contribution is 0.0863. The highest BCUT2D eigenvalue weighted by Gasteiger charge is 2.23. The zero-order valence-electron chi connectivity index (χ0n) is 21.6. The first-order valence-corrected chi connectivity index (χ1v) is 16.4. The Bertz CT molecular complexity index is 1370. The predicted octanol–water partition coefficient (Wildman–Crippen LogP) is 5.73. The highest BCUT2D eigenvalue weighted by atomic mass is 28.3. The third-order valence-electron chi connectivity index (χ3n) is 6.98. The minimum absolute atomic E-state index is 0.234. The molecule has 4 aromatic rings. The Balaban J connectivity index is 1.39. The fourth-order valence-corrected chi connectivity index (χ4v) is 5.48. The summed E-state index contributed by atoms with van der Waals surface area (Å²) in [4.78, 5) is 24.1. The van der Waals surface area contributed by atoms with Crippen molar-refractivity contribution in [3.05, 3.63) is 54.2 Å². The van der Waals surface area contributed by atoms with Gasteiger partial charge in [-0.1, -0.05) is 19.6 Å². The van der Waals surface area contributed by atoms with Crippen LogP contribution in [0, 0.1) is 0 Å². The van der Waals surface area contributed by atoms with E-state index in [0.29, 0.717) is 35.3 Å². The molecule has 9 heteroatoms. The number of anilines is 1. The number of hydrogen-bond donors (Lipinski definition) is 1. The minimum Gasteiger partial charge on any atom is -0.443 e. The fourth-order valence-electron chi connectivity index (χ4n) is 4.72. The molecule has 0 spiro atoms. The molecule has 1 N–H and O–H groups in total. The quantitative estimate of drug-likeness (QED) is 0.231. The molecule has 4 heterocycles. The van der Waals surface area contributed by atoms with Gasteiger partial charge in [0.2, 0.25) is 0 Å². The zero-order valence-corrected chi connectivity index (χ0v) is 22.6. The van der Waals surface area contributed by atoms with E-state index in [-0.39, 0.29) is 5.91 Å². The molecule has 1 aromatic carbocycles. The normalized spacial score (nSPS) is 16.8. The maximum Gasteiger partial charge on any atom is 0.256 e. The lowest BCUT2D eigenvalue weighted by Gasteiger charge is -2.22. The van der Waals surface area contributed by atoms with Gasteiger partial charge in [0, 0.05) is 56.2 Å². The van der Waals surface area contributed by atoms with Gasteiger partial charge in [0.25, 0.3) is 5.91 Å². The van der Waals surface area contributed by atoms with Gasteiger partial charge in [-0.15, -0.1) is 0 Å². The van der Waals surface area contributed by atoms with E-state index in [2.05, 4.69) is 57.4 Å². The van der Waals surface area contributed by atoms with Gasteiger partial charge in [-0.05, 0) is 56.6 Å². The summed E-state index contributed by atoms with van der Waals surface area (Å²) in [5.41, 5.74) is 4.04. The number of aromatic nitrogens is 3. The Morgan fingerprint density at radius 2 is 2.08 bits per heavy atom. The molecule has 0 saturated carbocycles. The average molecular weight is 506 g/mol. The summed E-state index contributed by atoms with van der Waals surface area (Å²) in [6, 6.07) is 11.1. The van der Waals surface area contributed by atoms with Crippen LogP contribution in [0.15, 0.2) is 47.3 Å². The Morgan fingerprint density at radius 3 is 2.86 bits per heavy atom. The number of nitrogens with zero attached hydrogens (tertiary/aromatic N) is 4. The Labute approximate surface area is 212 Å². The van der Waals surface area contributed by atoms with Crippen molar-refractivity contribution in [3.8, 4) is 0 Å². The number of carbonyl (C=O) groups excluding carboxylic acids is 1. The molecule has 1 atom stereocenters. The topological polar surface area (TPSA) is 85.4 Å². The van der Waals surface area contributed by atoms with E-state index in [1.54, 1.807) is 18.2 Å².